The second-order valence-electron chi connectivity index (χ2n) is 25.2. The molecule has 0 aliphatic carbocycles. The first kappa shape index (κ1) is 130. The summed E-state index contributed by atoms with van der Waals surface area (Å²) >= 11 is 26.8. The number of esters is 4. The number of methoxy groups -OCH3 is 11. The van der Waals surface area contributed by atoms with Crippen LogP contribution in [0.15, 0.2) is 69.0 Å². The topological polar surface area (TPSA) is 987 Å². The van der Waals surface area contributed by atoms with Gasteiger partial charge in [-0.15, -0.1) is 20.5 Å². The third kappa shape index (κ3) is 43.4. The Labute approximate surface area is 858 Å². The van der Waals surface area contributed by atoms with E-state index in [0.29, 0.717) is 40.4 Å². The molecule has 0 radical (unpaired) electrons. The van der Waals surface area contributed by atoms with Crippen molar-refractivity contribution in [1.29, 1.82) is 15.8 Å². The number of nitrogens with zero attached hydrogens (tertiary/aromatic N) is 35. The summed E-state index contributed by atoms with van der Waals surface area (Å²) in [5, 5.41) is 89.9. The monoisotopic (exact) mass is 2160 g/mol. The van der Waals surface area contributed by atoms with Gasteiger partial charge >= 0.3 is 47.9 Å². The molecule has 147 heavy (non-hydrogen) atoms. The number of aliphatic hydroxyl groups excluding tert-OH is 3. The Balaban J connectivity index is 0.00000177. The molecule has 12 heterocycles. The van der Waals surface area contributed by atoms with Crippen LogP contribution in [-0.4, -0.2) is 301 Å². The molecule has 12 rings (SSSR count). The number of azo groups is 2. The van der Waals surface area contributed by atoms with Gasteiger partial charge < -0.3 is 96.1 Å². The number of nitrogens with one attached hydrogen (secondary N) is 3. The number of nitrogens with two attached hydrogens (primary N) is 10. The Hall–Kier alpha value is -17.0. The van der Waals surface area contributed by atoms with Gasteiger partial charge in [-0.05, 0) is 117 Å². The Morgan fingerprint density at radius 3 is 1.20 bits per heavy atom. The number of aryl methyl sites for hydroxylation is 7. The molecule has 796 valence electrons. The number of hydrogen-bond donors (Lipinski definition) is 16. The number of nitriles is 3. The largest absolute Gasteiger partial charge is 0.468 e. The summed E-state index contributed by atoms with van der Waals surface area (Å²) in [5.74, 6) is 22.1. The highest BCUT2D eigenvalue weighted by molar-refractivity contribution is 6.33. The number of Topliss-reactive ketones (excluding diaryl/α,β-unsaturated/α-hetero) is 2. The van der Waals surface area contributed by atoms with Gasteiger partial charge in [-0.2, -0.15) is 135 Å². The Bertz CT molecular complexity index is 6090. The third-order valence-corrected chi connectivity index (χ3v) is 16.2. The summed E-state index contributed by atoms with van der Waals surface area (Å²) in [6, 6.07) is 8.77. The molecular formula is C74H105Cl5N48O20. The molecule has 0 atom stereocenters. The maximum Gasteiger partial charge on any atom is 0.348 e. The van der Waals surface area contributed by atoms with E-state index in [9.17, 15) is 33.9 Å². The van der Waals surface area contributed by atoms with E-state index in [2.05, 4.69) is 193 Å². The number of ether oxygens (including phenoxy) is 11. The van der Waals surface area contributed by atoms with Crippen molar-refractivity contribution in [3.63, 3.8) is 0 Å². The number of ketones is 2. The van der Waals surface area contributed by atoms with Crippen molar-refractivity contribution in [2.45, 2.75) is 53.9 Å². The summed E-state index contributed by atoms with van der Waals surface area (Å²) in [5.41, 5.74) is 39.9. The average Bonchev–Trinajstić information content (AvgIpc) is 1.62. The van der Waals surface area contributed by atoms with E-state index < -0.39 is 42.7 Å². The first-order valence-corrected chi connectivity index (χ1v) is 41.3. The smallest absolute Gasteiger partial charge is 0.348 e. The molecule has 0 aromatic carbocycles. The minimum absolute atomic E-state index is 0.000000000000000444. The van der Waals surface area contributed by atoms with Gasteiger partial charge in [0.25, 0.3) is 24.3 Å². The highest BCUT2D eigenvalue weighted by Crippen LogP contribution is 2.34. The fourth-order valence-electron chi connectivity index (χ4n) is 9.08. The van der Waals surface area contributed by atoms with Gasteiger partial charge in [0, 0.05) is 61.8 Å². The van der Waals surface area contributed by atoms with Gasteiger partial charge in [-0.1, -0.05) is 0 Å². The van der Waals surface area contributed by atoms with E-state index in [1.54, 1.807) is 70.9 Å². The molecule has 0 aliphatic heterocycles. The zero-order valence-corrected chi connectivity index (χ0v) is 85.8. The lowest BCUT2D eigenvalue weighted by Gasteiger charge is -2.08. The molecule has 0 spiro atoms. The maximum absolute atomic E-state index is 12.1. The quantitative estimate of drug-likeness (QED) is 0.00438. The van der Waals surface area contributed by atoms with E-state index in [0.717, 1.165) is 24.4 Å². The first-order valence-electron chi connectivity index (χ1n) is 39.4. The van der Waals surface area contributed by atoms with Crippen molar-refractivity contribution >= 4 is 157 Å². The average molecular weight is 2160 g/mol. The minimum atomic E-state index is -0.725. The lowest BCUT2D eigenvalue weighted by Crippen LogP contribution is -2.16. The molecule has 68 nitrogen and oxygen atoms in total. The number of carbonyl (C=O) groups is 6. The number of anilines is 7. The zero-order valence-electron chi connectivity index (χ0n) is 82.0. The van der Waals surface area contributed by atoms with Crippen LogP contribution in [0.4, 0.5) is 64.0 Å². The molecule has 26 N–H and O–H groups in total. The second kappa shape index (κ2) is 69.8. The van der Waals surface area contributed by atoms with E-state index in [1.807, 2.05) is 26.1 Å². The van der Waals surface area contributed by atoms with Crippen LogP contribution in [0.1, 0.15) is 73.5 Å². The summed E-state index contributed by atoms with van der Waals surface area (Å²) in [7, 11) is 22.6. The Morgan fingerprint density at radius 1 is 0.483 bits per heavy atom. The van der Waals surface area contributed by atoms with Crippen LogP contribution in [0.2, 0.25) is 26.4 Å². The fraction of sp³-hybridized carbons (Fsp3) is 0.351. The maximum atomic E-state index is 12.1. The second-order valence-corrected chi connectivity index (χ2v) is 26.9. The van der Waals surface area contributed by atoms with Crippen LogP contribution in [0.3, 0.4) is 0 Å². The Morgan fingerprint density at radius 2 is 0.871 bits per heavy atom. The highest BCUT2D eigenvalue weighted by atomic mass is 35.5. The normalized spacial score (nSPS) is 9.97. The van der Waals surface area contributed by atoms with Crippen molar-refractivity contribution in [3.05, 3.63) is 114 Å². The molecule has 12 aromatic rings. The number of halogens is 5. The predicted molar refractivity (Wildman–Crippen MR) is 520 cm³/mol. The molecule has 0 unspecified atom stereocenters. The van der Waals surface area contributed by atoms with E-state index in [4.69, 9.17) is 143 Å². The van der Waals surface area contributed by atoms with Crippen LogP contribution in [0.5, 0.6) is 24.0 Å². The van der Waals surface area contributed by atoms with E-state index in [-0.39, 0.29) is 157 Å². The van der Waals surface area contributed by atoms with Crippen molar-refractivity contribution < 1.29 is 96.2 Å². The first-order chi connectivity index (χ1) is 69.9. The third-order valence-electron chi connectivity index (χ3n) is 15.4. The van der Waals surface area contributed by atoms with Crippen LogP contribution < -0.4 is 93.1 Å². The number of rotatable bonds is 25. The van der Waals surface area contributed by atoms with Crippen LogP contribution in [0, 0.1) is 61.7 Å². The van der Waals surface area contributed by atoms with Crippen molar-refractivity contribution in [2.24, 2.45) is 70.8 Å². The molecule has 0 saturated carbocycles. The van der Waals surface area contributed by atoms with Crippen molar-refractivity contribution in [2.75, 3.05) is 145 Å². The van der Waals surface area contributed by atoms with Crippen LogP contribution in [0.25, 0.3) is 23.8 Å². The number of hydrogen-bond acceptors (Lipinski definition) is 61. The number of nitrogen functional groups attached to an aromatic ring is 7. The van der Waals surface area contributed by atoms with Gasteiger partial charge in [-0.3, -0.25) is 57.4 Å². The summed E-state index contributed by atoms with van der Waals surface area (Å²) in [6.45, 7) is 6.85. The molecule has 0 amide bonds. The van der Waals surface area contributed by atoms with Crippen LogP contribution in [-0.2, 0) is 68.7 Å². The molecule has 73 heteroatoms. The number of aliphatic hydroxyl groups is 3. The van der Waals surface area contributed by atoms with Gasteiger partial charge in [0.1, 0.15) is 59.0 Å². The summed E-state index contributed by atoms with van der Waals surface area (Å²) < 4.78 is 60.7. The minimum Gasteiger partial charge on any atom is -0.468 e. The van der Waals surface area contributed by atoms with Crippen molar-refractivity contribution in [3.8, 4) is 66.0 Å². The van der Waals surface area contributed by atoms with Gasteiger partial charge in [0.15, 0.2) is 40.4 Å². The van der Waals surface area contributed by atoms with Gasteiger partial charge in [0.05, 0.1) is 123 Å². The summed E-state index contributed by atoms with van der Waals surface area (Å²) in [6.07, 6.45) is 6.76. The molecular weight excluding hydrogens is 2060 g/mol. The van der Waals surface area contributed by atoms with Crippen molar-refractivity contribution in [1.82, 2.24) is 143 Å². The van der Waals surface area contributed by atoms with E-state index in [1.165, 1.54) is 132 Å². The van der Waals surface area contributed by atoms with Gasteiger partial charge in [-0.25, -0.2) is 35.4 Å². The Kier molecular flexibility index (Phi) is 61.7. The molecule has 0 saturated heterocycles. The molecule has 12 aromatic heterocycles. The predicted octanol–water partition coefficient (Wildman–Crippen LogP) is 1.07. The lowest BCUT2D eigenvalue weighted by atomic mass is 10.2. The molecule has 0 aliphatic rings. The SMILES string of the molecule is CC(=O)CC#N.CNN.CO.COC(=O)C(C#N)=CCO.COC(=O)CC#N.COC(=O)c1cnn(C)c1N.COC(=O)c1cnn(C)c1N=Nc1c(C)nn(-c2nc(OC)nc(-n3nc(C)c(N=Nc4c(C(=O)CO)cnn4C)c3N)n2)c1N.COC(OC)OC.COc1nc(-n2cc(C)cc2N)nc(-n2nc(C)cc2N)n1.COc1nc(Cl)nc(Cl)n1.COc1nc(NN)nc(NN)n1.Clc1nc(Cl)nc(Cl)n1.NN. The van der Waals surface area contributed by atoms with Crippen LogP contribution >= 0.6 is 58.0 Å². The van der Waals surface area contributed by atoms with Gasteiger partial charge in [0.2, 0.25) is 44.3 Å². The fourth-order valence-corrected chi connectivity index (χ4v) is 10.0. The number of carbonyl (C=O) groups excluding carboxylic acids is 6. The number of aromatic nitrogens is 28. The van der Waals surface area contributed by atoms with E-state index >= 15 is 0 Å². The lowest BCUT2D eigenvalue weighted by molar-refractivity contribution is -0.252. The number of hydrazine groups is 4. The highest BCUT2D eigenvalue weighted by Gasteiger charge is 2.26. The zero-order chi connectivity index (χ0) is 112. The summed E-state index contributed by atoms with van der Waals surface area (Å²) in [4.78, 5) is 123. The molecule has 0 bridgehead atoms. The molecule has 0 fully saturated rings. The standard InChI is InChI=1S/C24H27N17O5.C13H16N8O.C6H9N3O2.C6H7NO3.C4H3Cl2N3O.C4H9N7O.C4H5NO2.C4H5NO.C4H10O3.C3Cl3N3.CH6N2.CH4O.H4N2/c1-10-15(32-34-19-12(14(43)9-42)7-27-38(19)3)17(25)40(36-10)22-29-23(31-24(30-22)46-6)41-18(26)16(11(2)37-41)33-35-20-13(21(44)45-5)8-28-39(20)4;1-7-4-9(14)20(6-7)11-16-12(18-13(17-11)22-3)21-10(15)5-8(2)19-21;1-9-5(7)4(3-8-9)6(10)11-2;1-10-6(9)5(4-7)2-3-8;1-10-4-8-2(5)7-3(6)9-4;1-12-4-8-2(10-5)7-3(9-4)11-6;1-7-4(6)2-3-5;1-4(6)2-3-5;1-5-4(6-2)7-3;4-1-7-2(5)9-3(6)8-1;1-3-2;2*1-2/h7-8,42H,9,25-26H2,1-6H3;4-6H,14-15H2,1-3H3;3H,7H2,1-2H3;2,8H,3H2,1H3;1H3;5-6H2,1H3,(H2,7,8,9,10,11);2H2,1H3;2H2,1H3;4H,1-3H3;;3H,2H2,1H3;2H,1H3;1-2H2.